The zero-order valence-corrected chi connectivity index (χ0v) is 38.8. The molecule has 0 aromatic heterocycles. The van der Waals surface area contributed by atoms with Gasteiger partial charge in [0.05, 0.1) is 23.0 Å². The van der Waals surface area contributed by atoms with E-state index in [2.05, 4.69) is 5.32 Å². The molecule has 0 radical (unpaired) electrons. The SMILES string of the molecule is CC(C)C(NC(=O)CN(C(=O)[C@H](C(C)C)N(C(=O)c1ccc(C(=O)NS(=O)(=O)c2ccc(Cl)cc2)cc1)C1Cc2ccccc2C1)C1Cc2ccccc2C1)C(=O)c1ccc(C(F)(F)F)cc1. The van der Waals surface area contributed by atoms with Crippen molar-refractivity contribution in [1.29, 1.82) is 0 Å². The Kier molecular flexibility index (Phi) is 14.4. The van der Waals surface area contributed by atoms with E-state index < -0.39 is 93.7 Å². The fraction of sp³-hybridized carbons (Fsp3) is 0.314. The first-order valence-electron chi connectivity index (χ1n) is 21.9. The molecule has 0 saturated carbocycles. The maximum absolute atomic E-state index is 15.5. The van der Waals surface area contributed by atoms with Crippen LogP contribution in [0, 0.1) is 11.8 Å². The quantitative estimate of drug-likeness (QED) is 0.101. The van der Waals surface area contributed by atoms with E-state index in [4.69, 9.17) is 11.6 Å². The Morgan fingerprint density at radius 1 is 0.657 bits per heavy atom. The van der Waals surface area contributed by atoms with Crippen molar-refractivity contribution < 1.29 is 45.6 Å². The Balaban J connectivity index is 1.19. The number of nitrogens with one attached hydrogen (secondary N) is 2. The van der Waals surface area contributed by atoms with Crippen LogP contribution < -0.4 is 10.0 Å². The summed E-state index contributed by atoms with van der Waals surface area (Å²) in [6.45, 7) is 6.55. The van der Waals surface area contributed by atoms with E-state index in [1.165, 1.54) is 53.4 Å². The van der Waals surface area contributed by atoms with Gasteiger partial charge in [0, 0.05) is 33.8 Å². The normalized spacial score (nSPS) is 14.8. The average Bonchev–Trinajstić information content (AvgIpc) is 3.93. The molecular formula is C51H50ClF3N4O7S. The molecule has 350 valence electrons. The number of hydrogen-bond donors (Lipinski definition) is 2. The Morgan fingerprint density at radius 3 is 1.61 bits per heavy atom. The predicted molar refractivity (Wildman–Crippen MR) is 247 cm³/mol. The van der Waals surface area contributed by atoms with Crippen LogP contribution in [0.4, 0.5) is 13.2 Å². The van der Waals surface area contributed by atoms with Crippen LogP contribution in [-0.4, -0.2) is 78.3 Å². The molecule has 0 aliphatic heterocycles. The van der Waals surface area contributed by atoms with Crippen LogP contribution >= 0.6 is 11.6 Å². The third-order valence-electron chi connectivity index (χ3n) is 12.4. The number of alkyl halides is 3. The fourth-order valence-corrected chi connectivity index (χ4v) is 10.1. The minimum Gasteiger partial charge on any atom is -0.344 e. The molecule has 0 saturated heterocycles. The third kappa shape index (κ3) is 10.9. The first kappa shape index (κ1) is 48.6. The molecule has 2 atom stereocenters. The van der Waals surface area contributed by atoms with Gasteiger partial charge in [-0.05, 0) is 120 Å². The second kappa shape index (κ2) is 19.9. The summed E-state index contributed by atoms with van der Waals surface area (Å²) in [7, 11) is -4.26. The first-order chi connectivity index (χ1) is 31.7. The van der Waals surface area contributed by atoms with E-state index >= 15 is 9.59 Å². The standard InChI is InChI=1S/C51H50ClF3N4O7S/c1-30(2)45(47(61)32-17-19-39(20-18-32)51(53,54)55)56-44(60)29-58(41-25-35-9-5-6-10-36(35)26-41)50(64)46(31(3)4)59(42-27-37-11-7-8-12-38(37)28-42)49(63)34-15-13-33(14-16-34)48(62)57-67(65,66)43-23-21-40(52)22-24-43/h5-24,30-31,41-42,45-46H,25-29H2,1-4H3,(H,56,60)(H,57,62)/t45?,46-/m0/s1. The van der Waals surface area contributed by atoms with Gasteiger partial charge in [0.25, 0.3) is 21.8 Å². The zero-order valence-electron chi connectivity index (χ0n) is 37.2. The lowest BCUT2D eigenvalue weighted by Gasteiger charge is -2.42. The van der Waals surface area contributed by atoms with Gasteiger partial charge in [0.1, 0.15) is 6.04 Å². The Hall–Kier alpha value is -6.32. The molecule has 67 heavy (non-hydrogen) atoms. The lowest BCUT2D eigenvalue weighted by atomic mass is 9.94. The predicted octanol–water partition coefficient (Wildman–Crippen LogP) is 8.13. The van der Waals surface area contributed by atoms with Crippen LogP contribution in [0.15, 0.2) is 126 Å². The van der Waals surface area contributed by atoms with Crippen LogP contribution in [0.5, 0.6) is 0 Å². The van der Waals surface area contributed by atoms with Crippen LogP contribution in [0.25, 0.3) is 0 Å². The van der Waals surface area contributed by atoms with Gasteiger partial charge in [-0.2, -0.15) is 13.2 Å². The lowest BCUT2D eigenvalue weighted by Crippen LogP contribution is -2.60. The number of halogens is 4. The van der Waals surface area contributed by atoms with Gasteiger partial charge in [-0.3, -0.25) is 24.0 Å². The number of sulfonamides is 1. The van der Waals surface area contributed by atoms with Crippen molar-refractivity contribution in [2.75, 3.05) is 6.54 Å². The summed E-state index contributed by atoms with van der Waals surface area (Å²) in [6.07, 6.45) is -2.91. The Bertz CT molecular complexity index is 2730. The van der Waals surface area contributed by atoms with Crippen LogP contribution in [-0.2, 0) is 51.5 Å². The van der Waals surface area contributed by atoms with Crippen molar-refractivity contribution >= 4 is 51.0 Å². The highest BCUT2D eigenvalue weighted by Crippen LogP contribution is 2.34. The summed E-state index contributed by atoms with van der Waals surface area (Å²) >= 11 is 5.91. The van der Waals surface area contributed by atoms with E-state index in [0.29, 0.717) is 30.7 Å². The molecule has 11 nitrogen and oxygen atoms in total. The number of nitrogens with zero attached hydrogens (tertiary/aromatic N) is 2. The summed E-state index contributed by atoms with van der Waals surface area (Å²) in [5.74, 6) is -4.18. The second-order valence-corrected chi connectivity index (χ2v) is 19.8. The van der Waals surface area contributed by atoms with Gasteiger partial charge < -0.3 is 15.1 Å². The van der Waals surface area contributed by atoms with Gasteiger partial charge in [-0.1, -0.05) is 100.0 Å². The summed E-state index contributed by atoms with van der Waals surface area (Å²) in [4.78, 5) is 74.7. The molecule has 2 aliphatic carbocycles. The van der Waals surface area contributed by atoms with E-state index in [1.54, 1.807) is 18.7 Å². The number of carbonyl (C=O) groups excluding carboxylic acids is 5. The minimum absolute atomic E-state index is 0.0191. The highest BCUT2D eigenvalue weighted by atomic mass is 35.5. The topological polar surface area (TPSA) is 150 Å². The van der Waals surface area contributed by atoms with Gasteiger partial charge in [0.2, 0.25) is 11.8 Å². The summed E-state index contributed by atoms with van der Waals surface area (Å²) in [5, 5.41) is 3.10. The number of benzene rings is 5. The van der Waals surface area contributed by atoms with Crippen molar-refractivity contribution in [2.24, 2.45) is 11.8 Å². The lowest BCUT2D eigenvalue weighted by molar-refractivity contribution is -0.144. The molecular weight excluding hydrogens is 905 g/mol. The summed E-state index contributed by atoms with van der Waals surface area (Å²) in [5.41, 5.74) is 3.16. The van der Waals surface area contributed by atoms with Crippen LogP contribution in [0.1, 0.15) is 86.6 Å². The number of ketones is 1. The van der Waals surface area contributed by atoms with Gasteiger partial charge in [-0.25, -0.2) is 13.1 Å². The number of Topliss-reactive ketones (excluding diaryl/α,β-unsaturated/α-hetero) is 1. The van der Waals surface area contributed by atoms with Crippen LogP contribution in [0.3, 0.4) is 0 Å². The van der Waals surface area contributed by atoms with Crippen molar-refractivity contribution in [2.45, 2.75) is 88.6 Å². The van der Waals surface area contributed by atoms with Gasteiger partial charge in [0.15, 0.2) is 5.78 Å². The fourth-order valence-electron chi connectivity index (χ4n) is 8.97. The minimum atomic E-state index is -4.60. The molecule has 0 bridgehead atoms. The number of fused-ring (bicyclic) bond motifs is 2. The van der Waals surface area contributed by atoms with Gasteiger partial charge >= 0.3 is 6.18 Å². The maximum atomic E-state index is 15.5. The molecule has 1 unspecified atom stereocenters. The highest BCUT2D eigenvalue weighted by Gasteiger charge is 2.44. The summed E-state index contributed by atoms with van der Waals surface area (Å²) in [6, 6.07) is 26.7. The zero-order chi connectivity index (χ0) is 48.4. The van der Waals surface area contributed by atoms with Gasteiger partial charge in [-0.15, -0.1) is 0 Å². The van der Waals surface area contributed by atoms with E-state index in [-0.39, 0.29) is 21.6 Å². The molecule has 5 aromatic carbocycles. The van der Waals surface area contributed by atoms with Crippen molar-refractivity contribution in [3.63, 3.8) is 0 Å². The smallest absolute Gasteiger partial charge is 0.344 e. The number of carbonyl (C=O) groups is 5. The molecule has 2 N–H and O–H groups in total. The molecule has 5 aromatic rings. The van der Waals surface area contributed by atoms with Crippen molar-refractivity contribution in [3.8, 4) is 0 Å². The molecule has 7 rings (SSSR count). The molecule has 0 spiro atoms. The molecule has 0 fully saturated rings. The summed E-state index contributed by atoms with van der Waals surface area (Å²) < 4.78 is 68.0. The highest BCUT2D eigenvalue weighted by molar-refractivity contribution is 7.90. The monoisotopic (exact) mass is 954 g/mol. The maximum Gasteiger partial charge on any atom is 0.416 e. The van der Waals surface area contributed by atoms with E-state index in [9.17, 15) is 36.0 Å². The number of hydrogen-bond acceptors (Lipinski definition) is 7. The van der Waals surface area contributed by atoms with Crippen molar-refractivity contribution in [1.82, 2.24) is 19.8 Å². The number of rotatable bonds is 15. The molecule has 16 heteroatoms. The number of amides is 4. The van der Waals surface area contributed by atoms with E-state index in [1.807, 2.05) is 67.1 Å². The largest absolute Gasteiger partial charge is 0.416 e. The third-order valence-corrected chi connectivity index (χ3v) is 14.0. The average molecular weight is 955 g/mol. The molecule has 2 aliphatic rings. The second-order valence-electron chi connectivity index (χ2n) is 17.7. The molecule has 4 amide bonds. The van der Waals surface area contributed by atoms with Crippen LogP contribution in [0.2, 0.25) is 5.02 Å². The Morgan fingerprint density at radius 2 is 1.13 bits per heavy atom. The Labute approximate surface area is 392 Å². The van der Waals surface area contributed by atoms with Crippen molar-refractivity contribution in [3.05, 3.63) is 171 Å². The van der Waals surface area contributed by atoms with E-state index in [0.717, 1.165) is 46.5 Å². The molecule has 0 heterocycles. The first-order valence-corrected chi connectivity index (χ1v) is 23.8.